The summed E-state index contributed by atoms with van der Waals surface area (Å²) in [5.41, 5.74) is 6.59. The van der Waals surface area contributed by atoms with E-state index in [1.54, 1.807) is 0 Å². The first kappa shape index (κ1) is 15.3. The highest BCUT2D eigenvalue weighted by atomic mass is 16.5. The van der Waals surface area contributed by atoms with Gasteiger partial charge in [-0.15, -0.1) is 0 Å². The van der Waals surface area contributed by atoms with Gasteiger partial charge in [-0.25, -0.2) is 0 Å². The van der Waals surface area contributed by atoms with Crippen LogP contribution in [0.5, 0.6) is 5.75 Å². The molecule has 0 radical (unpaired) electrons. The van der Waals surface area contributed by atoms with Crippen LogP contribution in [0.1, 0.15) is 31.2 Å². The number of benzene rings is 1. The molecule has 0 heterocycles. The quantitative estimate of drug-likeness (QED) is 0.679. The van der Waals surface area contributed by atoms with Gasteiger partial charge in [-0.2, -0.15) is 0 Å². The van der Waals surface area contributed by atoms with Gasteiger partial charge in [0.25, 0.3) is 0 Å². The number of aliphatic hydroxyl groups is 1. The summed E-state index contributed by atoms with van der Waals surface area (Å²) in [6.45, 7) is 1.81. The van der Waals surface area contributed by atoms with Gasteiger partial charge in [0.15, 0.2) is 0 Å². The lowest BCUT2D eigenvalue weighted by Gasteiger charge is -2.25. The van der Waals surface area contributed by atoms with Crippen LogP contribution >= 0.6 is 0 Å². The lowest BCUT2D eigenvalue weighted by Crippen LogP contribution is -2.24. The molecule has 2 rings (SSSR count). The fourth-order valence-corrected chi connectivity index (χ4v) is 2.25. The first-order valence-corrected chi connectivity index (χ1v) is 7.45. The summed E-state index contributed by atoms with van der Waals surface area (Å²) >= 11 is 0. The van der Waals surface area contributed by atoms with Crippen molar-refractivity contribution >= 4 is 0 Å². The second-order valence-electron chi connectivity index (χ2n) is 5.48. The molecule has 0 bridgehead atoms. The van der Waals surface area contributed by atoms with E-state index in [0.29, 0.717) is 13.2 Å². The van der Waals surface area contributed by atoms with Crippen LogP contribution < -0.4 is 10.5 Å². The molecule has 1 fully saturated rings. The molecule has 1 aliphatic carbocycles. The molecular weight excluding hydrogens is 254 g/mol. The van der Waals surface area contributed by atoms with Crippen molar-refractivity contribution in [3.8, 4) is 5.75 Å². The monoisotopic (exact) mass is 279 g/mol. The van der Waals surface area contributed by atoms with Crippen LogP contribution in [0.15, 0.2) is 24.3 Å². The minimum atomic E-state index is -0.585. The largest absolute Gasteiger partial charge is 0.491 e. The molecule has 1 atom stereocenters. The van der Waals surface area contributed by atoms with Gasteiger partial charge >= 0.3 is 0 Å². The summed E-state index contributed by atoms with van der Waals surface area (Å²) in [7, 11) is 0. The van der Waals surface area contributed by atoms with Crippen molar-refractivity contribution in [2.45, 2.75) is 38.3 Å². The summed E-state index contributed by atoms with van der Waals surface area (Å²) in [5, 5.41) is 9.80. The van der Waals surface area contributed by atoms with Gasteiger partial charge in [-0.05, 0) is 30.0 Å². The zero-order chi connectivity index (χ0) is 14.2. The smallest absolute Gasteiger partial charge is 0.119 e. The number of aliphatic hydroxyl groups excluding tert-OH is 1. The zero-order valence-corrected chi connectivity index (χ0v) is 12.0. The Morgan fingerprint density at radius 3 is 2.85 bits per heavy atom. The highest BCUT2D eigenvalue weighted by Crippen LogP contribution is 2.29. The highest BCUT2D eigenvalue weighted by Gasteiger charge is 2.16. The van der Waals surface area contributed by atoms with Gasteiger partial charge in [0.05, 0.1) is 6.61 Å². The molecule has 1 aliphatic rings. The molecule has 1 saturated carbocycles. The average Bonchev–Trinajstić information content (AvgIpc) is 2.43. The fraction of sp³-hybridized carbons (Fsp3) is 0.625. The van der Waals surface area contributed by atoms with E-state index < -0.39 is 6.10 Å². The summed E-state index contributed by atoms with van der Waals surface area (Å²) in [4.78, 5) is 0. The van der Waals surface area contributed by atoms with Crippen molar-refractivity contribution in [1.82, 2.24) is 0 Å². The number of hydrogen-bond acceptors (Lipinski definition) is 4. The topological polar surface area (TPSA) is 64.7 Å². The molecule has 1 unspecified atom stereocenters. The minimum Gasteiger partial charge on any atom is -0.491 e. The summed E-state index contributed by atoms with van der Waals surface area (Å²) in [6.07, 6.45) is 4.58. The Kier molecular flexibility index (Phi) is 6.30. The Hall–Kier alpha value is -1.10. The summed E-state index contributed by atoms with van der Waals surface area (Å²) in [5.74, 6) is 1.59. The standard InChI is InChI=1S/C16H25NO3/c17-10-14-5-2-6-16(9-14)20-12-15(18)11-19-8-7-13-3-1-4-13/h2,5-6,9,13,15,18H,1,3-4,7-8,10-12,17H2. The maximum absolute atomic E-state index is 9.80. The van der Waals surface area contributed by atoms with Crippen molar-refractivity contribution in [2.24, 2.45) is 11.7 Å². The molecule has 4 heteroatoms. The Bertz CT molecular complexity index is 393. The third kappa shape index (κ3) is 5.12. The Morgan fingerprint density at radius 1 is 1.30 bits per heavy atom. The van der Waals surface area contributed by atoms with Crippen LogP contribution in [0.2, 0.25) is 0 Å². The van der Waals surface area contributed by atoms with Crippen molar-refractivity contribution in [1.29, 1.82) is 0 Å². The molecule has 4 nitrogen and oxygen atoms in total. The number of ether oxygens (including phenoxy) is 2. The van der Waals surface area contributed by atoms with Crippen molar-refractivity contribution in [3.63, 3.8) is 0 Å². The maximum atomic E-state index is 9.80. The van der Waals surface area contributed by atoms with E-state index >= 15 is 0 Å². The van der Waals surface area contributed by atoms with Crippen LogP contribution in [0.25, 0.3) is 0 Å². The molecule has 1 aromatic rings. The molecule has 0 aliphatic heterocycles. The first-order chi connectivity index (χ1) is 9.78. The van der Waals surface area contributed by atoms with Gasteiger partial charge in [-0.3, -0.25) is 0 Å². The van der Waals surface area contributed by atoms with Gasteiger partial charge in [-0.1, -0.05) is 31.4 Å². The Balaban J connectivity index is 1.57. The molecule has 0 saturated heterocycles. The minimum absolute atomic E-state index is 0.247. The second kappa shape index (κ2) is 8.25. The predicted octanol–water partition coefficient (Wildman–Crippen LogP) is 2.09. The Labute approximate surface area is 120 Å². The SMILES string of the molecule is NCc1cccc(OCC(O)COCCC2CCC2)c1. The molecular formula is C16H25NO3. The van der Waals surface area contributed by atoms with Crippen molar-refractivity contribution in [3.05, 3.63) is 29.8 Å². The van der Waals surface area contributed by atoms with Crippen LogP contribution in [0.3, 0.4) is 0 Å². The molecule has 20 heavy (non-hydrogen) atoms. The number of nitrogens with two attached hydrogens (primary N) is 1. The number of hydrogen-bond donors (Lipinski definition) is 2. The lowest BCUT2D eigenvalue weighted by molar-refractivity contribution is 0.00558. The third-order valence-electron chi connectivity index (χ3n) is 3.78. The normalized spacial score (nSPS) is 16.7. The maximum Gasteiger partial charge on any atom is 0.119 e. The molecule has 112 valence electrons. The van der Waals surface area contributed by atoms with Crippen LogP contribution in [-0.4, -0.2) is 31.0 Å². The van der Waals surface area contributed by atoms with Crippen molar-refractivity contribution in [2.75, 3.05) is 19.8 Å². The molecule has 0 amide bonds. The predicted molar refractivity (Wildman–Crippen MR) is 78.6 cm³/mol. The van der Waals surface area contributed by atoms with E-state index in [9.17, 15) is 5.11 Å². The molecule has 0 aromatic heterocycles. The first-order valence-electron chi connectivity index (χ1n) is 7.45. The summed E-state index contributed by atoms with van der Waals surface area (Å²) in [6, 6.07) is 7.61. The molecule has 1 aromatic carbocycles. The van der Waals surface area contributed by atoms with Crippen molar-refractivity contribution < 1.29 is 14.6 Å². The van der Waals surface area contributed by atoms with E-state index in [-0.39, 0.29) is 6.61 Å². The zero-order valence-electron chi connectivity index (χ0n) is 12.0. The van der Waals surface area contributed by atoms with Crippen LogP contribution in [0, 0.1) is 5.92 Å². The van der Waals surface area contributed by atoms with E-state index in [1.807, 2.05) is 24.3 Å². The van der Waals surface area contributed by atoms with Gasteiger partial charge < -0.3 is 20.3 Å². The second-order valence-corrected chi connectivity index (χ2v) is 5.48. The summed E-state index contributed by atoms with van der Waals surface area (Å²) < 4.78 is 11.0. The average molecular weight is 279 g/mol. The Morgan fingerprint density at radius 2 is 2.15 bits per heavy atom. The van der Waals surface area contributed by atoms with Crippen LogP contribution in [0.4, 0.5) is 0 Å². The van der Waals surface area contributed by atoms with Gasteiger partial charge in [0.1, 0.15) is 18.5 Å². The van der Waals surface area contributed by atoms with E-state index in [2.05, 4.69) is 0 Å². The fourth-order valence-electron chi connectivity index (χ4n) is 2.25. The third-order valence-corrected chi connectivity index (χ3v) is 3.78. The van der Waals surface area contributed by atoms with E-state index in [4.69, 9.17) is 15.2 Å². The number of rotatable bonds is 9. The lowest BCUT2D eigenvalue weighted by atomic mass is 9.83. The van der Waals surface area contributed by atoms with E-state index in [1.165, 1.54) is 19.3 Å². The van der Waals surface area contributed by atoms with Gasteiger partial charge in [0, 0.05) is 13.2 Å². The van der Waals surface area contributed by atoms with E-state index in [0.717, 1.165) is 30.3 Å². The van der Waals surface area contributed by atoms with Gasteiger partial charge in [0.2, 0.25) is 0 Å². The molecule has 0 spiro atoms. The highest BCUT2D eigenvalue weighted by molar-refractivity contribution is 5.28. The van der Waals surface area contributed by atoms with Crippen LogP contribution in [-0.2, 0) is 11.3 Å². The molecule has 3 N–H and O–H groups in total.